The van der Waals surface area contributed by atoms with E-state index in [2.05, 4.69) is 20.3 Å². The second kappa shape index (κ2) is 7.70. The van der Waals surface area contributed by atoms with Gasteiger partial charge in [0.05, 0.1) is 11.6 Å². The molecule has 2 N–H and O–H groups in total. The van der Waals surface area contributed by atoms with E-state index < -0.39 is 6.10 Å². The van der Waals surface area contributed by atoms with Gasteiger partial charge in [0.2, 0.25) is 0 Å². The molecule has 134 valence electrons. The number of fused-ring (bicyclic) bond motifs is 1. The summed E-state index contributed by atoms with van der Waals surface area (Å²) in [7, 11) is 0. The van der Waals surface area contributed by atoms with Gasteiger partial charge in [-0.25, -0.2) is 9.97 Å². The minimum absolute atomic E-state index is 0.278. The average Bonchev–Trinajstić information content (AvgIpc) is 2.72. The maximum atomic E-state index is 10.5. The van der Waals surface area contributed by atoms with E-state index in [0.29, 0.717) is 22.2 Å². The topological polar surface area (TPSA) is 70.9 Å². The fourth-order valence-electron chi connectivity index (χ4n) is 2.89. The van der Waals surface area contributed by atoms with E-state index in [1.807, 2.05) is 54.6 Å². The molecular formula is C21H17ClN4O. The molecule has 0 bridgehead atoms. The summed E-state index contributed by atoms with van der Waals surface area (Å²) in [5, 5.41) is 15.2. The first-order valence-corrected chi connectivity index (χ1v) is 8.94. The molecule has 0 radical (unpaired) electrons. The molecule has 1 atom stereocenters. The number of hydrogen-bond donors (Lipinski definition) is 2. The van der Waals surface area contributed by atoms with Crippen molar-refractivity contribution in [3.05, 3.63) is 83.6 Å². The number of anilines is 1. The van der Waals surface area contributed by atoms with Gasteiger partial charge in [0.25, 0.3) is 0 Å². The molecule has 0 aliphatic carbocycles. The van der Waals surface area contributed by atoms with Crippen LogP contribution in [0.3, 0.4) is 0 Å². The third kappa shape index (κ3) is 3.74. The zero-order valence-electron chi connectivity index (χ0n) is 14.4. The number of nitrogens with one attached hydrogen (secondary N) is 1. The number of benzene rings is 2. The van der Waals surface area contributed by atoms with Crippen LogP contribution < -0.4 is 5.32 Å². The molecule has 6 heteroatoms. The van der Waals surface area contributed by atoms with Crippen molar-refractivity contribution < 1.29 is 5.11 Å². The molecule has 0 saturated heterocycles. The van der Waals surface area contributed by atoms with Crippen molar-refractivity contribution in [3.8, 4) is 11.4 Å². The number of hydrogen-bond acceptors (Lipinski definition) is 5. The molecule has 0 aliphatic heterocycles. The summed E-state index contributed by atoms with van der Waals surface area (Å²) >= 11 is 6.18. The molecule has 0 spiro atoms. The van der Waals surface area contributed by atoms with Gasteiger partial charge in [-0.15, -0.1) is 0 Å². The highest BCUT2D eigenvalue weighted by atomic mass is 35.5. The number of nitrogens with zero attached hydrogens (tertiary/aromatic N) is 3. The molecule has 0 amide bonds. The third-order valence-electron chi connectivity index (χ3n) is 4.27. The standard InChI is InChI=1S/C21H17ClN4O/c22-17-7-3-1-5-15(17)19(27)13-24-21-16-6-2-4-8-18(16)25-20(26-21)14-9-11-23-12-10-14/h1-12,19,27H,13H2,(H,24,25,26). The van der Waals surface area contributed by atoms with E-state index in [9.17, 15) is 5.11 Å². The fraction of sp³-hybridized carbons (Fsp3) is 0.0952. The molecule has 27 heavy (non-hydrogen) atoms. The number of pyridine rings is 1. The predicted molar refractivity (Wildman–Crippen MR) is 108 cm³/mol. The molecule has 2 heterocycles. The van der Waals surface area contributed by atoms with E-state index in [1.165, 1.54) is 0 Å². The fourth-order valence-corrected chi connectivity index (χ4v) is 3.15. The zero-order chi connectivity index (χ0) is 18.6. The van der Waals surface area contributed by atoms with Gasteiger partial charge in [0.1, 0.15) is 5.82 Å². The first-order chi connectivity index (χ1) is 13.2. The minimum atomic E-state index is -0.753. The Labute approximate surface area is 161 Å². The molecule has 1 unspecified atom stereocenters. The maximum Gasteiger partial charge on any atom is 0.162 e. The van der Waals surface area contributed by atoms with Crippen LogP contribution in [0.15, 0.2) is 73.1 Å². The quantitative estimate of drug-likeness (QED) is 0.537. The lowest BCUT2D eigenvalue weighted by molar-refractivity contribution is 0.191. The Bertz CT molecular complexity index is 1070. The number of rotatable bonds is 5. The highest BCUT2D eigenvalue weighted by Crippen LogP contribution is 2.27. The van der Waals surface area contributed by atoms with E-state index in [4.69, 9.17) is 11.6 Å². The van der Waals surface area contributed by atoms with Crippen LogP contribution in [0, 0.1) is 0 Å². The zero-order valence-corrected chi connectivity index (χ0v) is 15.1. The molecule has 4 aromatic rings. The Morgan fingerprint density at radius 2 is 1.67 bits per heavy atom. The molecule has 5 nitrogen and oxygen atoms in total. The predicted octanol–water partition coefficient (Wildman–Crippen LogP) is 4.49. The van der Waals surface area contributed by atoms with Crippen molar-refractivity contribution in [2.45, 2.75) is 6.10 Å². The Hall–Kier alpha value is -3.02. The lowest BCUT2D eigenvalue weighted by atomic mass is 10.1. The molecule has 2 aromatic heterocycles. The summed E-state index contributed by atoms with van der Waals surface area (Å²) in [6.45, 7) is 0.278. The smallest absolute Gasteiger partial charge is 0.162 e. The van der Waals surface area contributed by atoms with Crippen LogP contribution in [-0.4, -0.2) is 26.6 Å². The first-order valence-electron chi connectivity index (χ1n) is 8.56. The summed E-state index contributed by atoms with van der Waals surface area (Å²) in [6.07, 6.45) is 2.67. The van der Waals surface area contributed by atoms with E-state index in [0.717, 1.165) is 16.5 Å². The minimum Gasteiger partial charge on any atom is -0.387 e. The van der Waals surface area contributed by atoms with Gasteiger partial charge in [-0.2, -0.15) is 0 Å². The molecule has 0 saturated carbocycles. The molecular weight excluding hydrogens is 360 g/mol. The summed E-state index contributed by atoms with van der Waals surface area (Å²) in [6, 6.07) is 18.8. The van der Waals surface area contributed by atoms with Crippen LogP contribution in [0.4, 0.5) is 5.82 Å². The normalized spacial score (nSPS) is 12.1. The Kier molecular flexibility index (Phi) is 4.96. The van der Waals surface area contributed by atoms with Crippen LogP contribution in [0.5, 0.6) is 0 Å². The number of aromatic nitrogens is 3. The highest BCUT2D eigenvalue weighted by molar-refractivity contribution is 6.31. The van der Waals surface area contributed by atoms with Gasteiger partial charge in [-0.05, 0) is 30.3 Å². The number of para-hydroxylation sites is 1. The summed E-state index contributed by atoms with van der Waals surface area (Å²) < 4.78 is 0. The Morgan fingerprint density at radius 3 is 2.48 bits per heavy atom. The van der Waals surface area contributed by atoms with Crippen molar-refractivity contribution in [2.75, 3.05) is 11.9 Å². The van der Waals surface area contributed by atoms with E-state index in [1.54, 1.807) is 18.5 Å². The van der Waals surface area contributed by atoms with Crippen molar-refractivity contribution in [1.29, 1.82) is 0 Å². The van der Waals surface area contributed by atoms with Crippen LogP contribution in [-0.2, 0) is 0 Å². The molecule has 4 rings (SSSR count). The summed E-state index contributed by atoms with van der Waals surface area (Å²) in [4.78, 5) is 13.3. The van der Waals surface area contributed by atoms with Crippen LogP contribution in [0.2, 0.25) is 5.02 Å². The Morgan fingerprint density at radius 1 is 0.926 bits per heavy atom. The number of aliphatic hydroxyl groups excluding tert-OH is 1. The average molecular weight is 377 g/mol. The SMILES string of the molecule is OC(CNc1nc(-c2ccncc2)nc2ccccc12)c1ccccc1Cl. The van der Waals surface area contributed by atoms with Crippen LogP contribution >= 0.6 is 11.6 Å². The lowest BCUT2D eigenvalue weighted by Gasteiger charge is -2.16. The summed E-state index contributed by atoms with van der Waals surface area (Å²) in [5.41, 5.74) is 2.39. The van der Waals surface area contributed by atoms with Crippen molar-refractivity contribution in [2.24, 2.45) is 0 Å². The second-order valence-corrected chi connectivity index (χ2v) is 6.47. The van der Waals surface area contributed by atoms with E-state index in [-0.39, 0.29) is 6.54 Å². The Balaban J connectivity index is 1.67. The van der Waals surface area contributed by atoms with Gasteiger partial charge in [0.15, 0.2) is 5.82 Å². The van der Waals surface area contributed by atoms with Gasteiger partial charge in [0, 0.05) is 40.5 Å². The van der Waals surface area contributed by atoms with Crippen molar-refractivity contribution in [3.63, 3.8) is 0 Å². The first kappa shape index (κ1) is 17.4. The van der Waals surface area contributed by atoms with Gasteiger partial charge < -0.3 is 10.4 Å². The van der Waals surface area contributed by atoms with Gasteiger partial charge >= 0.3 is 0 Å². The van der Waals surface area contributed by atoms with Gasteiger partial charge in [-0.3, -0.25) is 4.98 Å². The molecule has 2 aromatic carbocycles. The van der Waals surface area contributed by atoms with Crippen molar-refractivity contribution >= 4 is 28.3 Å². The lowest BCUT2D eigenvalue weighted by Crippen LogP contribution is -2.14. The second-order valence-electron chi connectivity index (χ2n) is 6.07. The third-order valence-corrected chi connectivity index (χ3v) is 4.61. The number of aliphatic hydroxyl groups is 1. The van der Waals surface area contributed by atoms with Crippen LogP contribution in [0.1, 0.15) is 11.7 Å². The maximum absolute atomic E-state index is 10.5. The molecule has 0 fully saturated rings. The van der Waals surface area contributed by atoms with Crippen LogP contribution in [0.25, 0.3) is 22.3 Å². The highest BCUT2D eigenvalue weighted by Gasteiger charge is 2.13. The molecule has 0 aliphatic rings. The van der Waals surface area contributed by atoms with E-state index >= 15 is 0 Å². The van der Waals surface area contributed by atoms with Gasteiger partial charge in [-0.1, -0.05) is 41.9 Å². The number of halogens is 1. The summed E-state index contributed by atoms with van der Waals surface area (Å²) in [5.74, 6) is 1.27. The largest absolute Gasteiger partial charge is 0.387 e. The van der Waals surface area contributed by atoms with Crippen molar-refractivity contribution in [1.82, 2.24) is 15.0 Å². The monoisotopic (exact) mass is 376 g/mol.